The Morgan fingerprint density at radius 3 is 2.50 bits per heavy atom. The van der Waals surface area contributed by atoms with Crippen LogP contribution in [0.1, 0.15) is 42.1 Å². The zero-order valence-corrected chi connectivity index (χ0v) is 16.5. The van der Waals surface area contributed by atoms with Crippen LogP contribution < -0.4 is 10.1 Å². The summed E-state index contributed by atoms with van der Waals surface area (Å²) < 4.78 is 44.1. The molecule has 1 fully saturated rings. The molecule has 0 spiro atoms. The normalized spacial score (nSPS) is 14.0. The molecule has 1 aliphatic carbocycles. The molecule has 1 aliphatic rings. The number of ether oxygens (including phenoxy) is 1. The van der Waals surface area contributed by atoms with Crippen molar-refractivity contribution in [2.45, 2.75) is 45.0 Å². The minimum absolute atomic E-state index is 0.0825. The average Bonchev–Trinajstić information content (AvgIpc) is 2.68. The van der Waals surface area contributed by atoms with Crippen LogP contribution in [0.2, 0.25) is 0 Å². The van der Waals surface area contributed by atoms with Gasteiger partial charge in [-0.15, -0.1) is 0 Å². The number of amides is 2. The van der Waals surface area contributed by atoms with Gasteiger partial charge in [0.1, 0.15) is 5.75 Å². The first-order valence-corrected chi connectivity index (χ1v) is 9.80. The molecule has 0 aromatic heterocycles. The number of hydrogen-bond acceptors (Lipinski definition) is 3. The summed E-state index contributed by atoms with van der Waals surface area (Å²) in [5, 5.41) is 2.75. The third kappa shape index (κ3) is 5.31. The van der Waals surface area contributed by atoms with E-state index in [1.807, 2.05) is 0 Å². The van der Waals surface area contributed by atoms with Crippen LogP contribution in [0, 0.1) is 0 Å². The first-order chi connectivity index (χ1) is 14.3. The van der Waals surface area contributed by atoms with Gasteiger partial charge in [0.2, 0.25) is 0 Å². The largest absolute Gasteiger partial charge is 0.490 e. The van der Waals surface area contributed by atoms with Crippen molar-refractivity contribution in [3.63, 3.8) is 0 Å². The second kappa shape index (κ2) is 9.19. The summed E-state index contributed by atoms with van der Waals surface area (Å²) in [7, 11) is 0. The highest BCUT2D eigenvalue weighted by Crippen LogP contribution is 2.28. The van der Waals surface area contributed by atoms with E-state index in [0.29, 0.717) is 27.5 Å². The van der Waals surface area contributed by atoms with Gasteiger partial charge in [-0.05, 0) is 56.0 Å². The number of halogens is 3. The maximum absolute atomic E-state index is 12.7. The van der Waals surface area contributed by atoms with E-state index in [-0.39, 0.29) is 25.1 Å². The van der Waals surface area contributed by atoms with Crippen molar-refractivity contribution in [1.29, 1.82) is 0 Å². The van der Waals surface area contributed by atoms with E-state index in [0.717, 1.165) is 19.3 Å². The quantitative estimate of drug-likeness (QED) is 0.701. The molecule has 2 amide bonds. The lowest BCUT2D eigenvalue weighted by molar-refractivity contribution is -0.185. The zero-order valence-electron chi connectivity index (χ0n) is 16.5. The Bertz CT molecular complexity index is 910. The summed E-state index contributed by atoms with van der Waals surface area (Å²) in [5.74, 6) is -1.76. The Hall–Kier alpha value is -3.03. The third-order valence-electron chi connectivity index (χ3n) is 4.95. The number of para-hydroxylation sites is 1. The number of alkyl halides is 3. The molecular weight excluding hydrogens is 397 g/mol. The number of nitrogens with zero attached hydrogens (tertiary/aromatic N) is 1. The Balaban J connectivity index is 1.71. The van der Waals surface area contributed by atoms with E-state index < -0.39 is 12.1 Å². The van der Waals surface area contributed by atoms with Gasteiger partial charge in [-0.2, -0.15) is 13.2 Å². The summed E-state index contributed by atoms with van der Waals surface area (Å²) in [6, 6.07) is 13.4. The second-order valence-electron chi connectivity index (χ2n) is 7.14. The fraction of sp³-hybridized carbons (Fsp3) is 0.364. The fourth-order valence-corrected chi connectivity index (χ4v) is 3.10. The predicted molar refractivity (Wildman–Crippen MR) is 106 cm³/mol. The maximum atomic E-state index is 12.7. The standard InChI is InChI=1S/C22H23F3N2O3/c1-2-27(21(29)22(23,24)25)14-15-7-5-8-16(13-15)26-20(28)18-11-3-4-12-19(18)30-17-9-6-10-17/h3-5,7-8,11-13,17H,2,6,9-10,14H2,1H3,(H,26,28). The van der Waals surface area contributed by atoms with Crippen LogP contribution in [-0.4, -0.2) is 35.5 Å². The molecule has 2 aromatic carbocycles. The van der Waals surface area contributed by atoms with Crippen LogP contribution in [-0.2, 0) is 11.3 Å². The minimum Gasteiger partial charge on any atom is -0.490 e. The molecule has 0 radical (unpaired) electrons. The van der Waals surface area contributed by atoms with Gasteiger partial charge in [0.25, 0.3) is 5.91 Å². The van der Waals surface area contributed by atoms with Crippen molar-refractivity contribution in [2.75, 3.05) is 11.9 Å². The minimum atomic E-state index is -4.92. The summed E-state index contributed by atoms with van der Waals surface area (Å²) in [4.78, 5) is 25.0. The molecule has 0 bridgehead atoms. The molecule has 1 N–H and O–H groups in total. The van der Waals surface area contributed by atoms with Crippen molar-refractivity contribution in [3.05, 3.63) is 59.7 Å². The Labute approximate surface area is 172 Å². The molecule has 8 heteroatoms. The van der Waals surface area contributed by atoms with Gasteiger partial charge in [-0.25, -0.2) is 0 Å². The average molecular weight is 420 g/mol. The lowest BCUT2D eigenvalue weighted by Crippen LogP contribution is -2.40. The zero-order chi connectivity index (χ0) is 21.7. The number of carbonyl (C=O) groups excluding carboxylic acids is 2. The molecule has 5 nitrogen and oxygen atoms in total. The Morgan fingerprint density at radius 2 is 1.87 bits per heavy atom. The van der Waals surface area contributed by atoms with Crippen molar-refractivity contribution in [1.82, 2.24) is 4.90 Å². The lowest BCUT2D eigenvalue weighted by atomic mass is 9.96. The molecule has 2 aromatic rings. The second-order valence-corrected chi connectivity index (χ2v) is 7.14. The van der Waals surface area contributed by atoms with Crippen LogP contribution in [0.3, 0.4) is 0 Å². The molecule has 30 heavy (non-hydrogen) atoms. The van der Waals surface area contributed by atoms with E-state index in [2.05, 4.69) is 5.32 Å². The summed E-state index contributed by atoms with van der Waals surface area (Å²) in [6.45, 7) is 1.19. The summed E-state index contributed by atoms with van der Waals surface area (Å²) in [6.07, 6.45) is -1.78. The van der Waals surface area contributed by atoms with Gasteiger partial charge in [0, 0.05) is 18.8 Å². The third-order valence-corrected chi connectivity index (χ3v) is 4.95. The fourth-order valence-electron chi connectivity index (χ4n) is 3.10. The molecule has 0 aliphatic heterocycles. The first-order valence-electron chi connectivity index (χ1n) is 9.80. The number of anilines is 1. The van der Waals surface area contributed by atoms with Gasteiger partial charge in [-0.1, -0.05) is 24.3 Å². The van der Waals surface area contributed by atoms with Gasteiger partial charge in [-0.3, -0.25) is 9.59 Å². The molecule has 0 saturated heterocycles. The van der Waals surface area contributed by atoms with E-state index in [9.17, 15) is 22.8 Å². The molecule has 0 unspecified atom stereocenters. The van der Waals surface area contributed by atoms with E-state index in [1.54, 1.807) is 48.5 Å². The van der Waals surface area contributed by atoms with Crippen molar-refractivity contribution in [2.24, 2.45) is 0 Å². The molecule has 0 atom stereocenters. The van der Waals surface area contributed by atoms with E-state index in [4.69, 9.17) is 4.74 Å². The van der Waals surface area contributed by atoms with E-state index >= 15 is 0 Å². The highest BCUT2D eigenvalue weighted by molar-refractivity contribution is 6.06. The molecule has 1 saturated carbocycles. The Kier molecular flexibility index (Phi) is 6.64. The van der Waals surface area contributed by atoms with Gasteiger partial charge in [0.05, 0.1) is 11.7 Å². The van der Waals surface area contributed by atoms with Gasteiger partial charge < -0.3 is 15.0 Å². The SMILES string of the molecule is CCN(Cc1cccc(NC(=O)c2ccccc2OC2CCC2)c1)C(=O)C(F)(F)F. The Morgan fingerprint density at radius 1 is 1.13 bits per heavy atom. The van der Waals surface area contributed by atoms with Crippen LogP contribution in [0.25, 0.3) is 0 Å². The number of hydrogen-bond donors (Lipinski definition) is 1. The molecule has 160 valence electrons. The summed E-state index contributed by atoms with van der Waals surface area (Å²) in [5.41, 5.74) is 1.29. The van der Waals surface area contributed by atoms with Crippen molar-refractivity contribution < 1.29 is 27.5 Å². The number of nitrogens with one attached hydrogen (secondary N) is 1. The van der Waals surface area contributed by atoms with Gasteiger partial charge in [0.15, 0.2) is 0 Å². The number of benzene rings is 2. The van der Waals surface area contributed by atoms with Crippen LogP contribution in [0.4, 0.5) is 18.9 Å². The summed E-state index contributed by atoms with van der Waals surface area (Å²) >= 11 is 0. The highest BCUT2D eigenvalue weighted by atomic mass is 19.4. The van der Waals surface area contributed by atoms with Crippen molar-refractivity contribution >= 4 is 17.5 Å². The van der Waals surface area contributed by atoms with E-state index in [1.165, 1.54) is 6.92 Å². The van der Waals surface area contributed by atoms with Crippen LogP contribution in [0.15, 0.2) is 48.5 Å². The molecular formula is C22H23F3N2O3. The van der Waals surface area contributed by atoms with Gasteiger partial charge >= 0.3 is 12.1 Å². The van der Waals surface area contributed by atoms with Crippen LogP contribution in [0.5, 0.6) is 5.75 Å². The first kappa shape index (κ1) is 21.7. The topological polar surface area (TPSA) is 58.6 Å². The maximum Gasteiger partial charge on any atom is 0.471 e. The lowest BCUT2D eigenvalue weighted by Gasteiger charge is -2.27. The molecule has 0 heterocycles. The highest BCUT2D eigenvalue weighted by Gasteiger charge is 2.41. The monoisotopic (exact) mass is 420 g/mol. The van der Waals surface area contributed by atoms with Crippen LogP contribution >= 0.6 is 0 Å². The smallest absolute Gasteiger partial charge is 0.471 e. The number of rotatable bonds is 7. The van der Waals surface area contributed by atoms with Crippen molar-refractivity contribution in [3.8, 4) is 5.75 Å². The predicted octanol–water partition coefficient (Wildman–Crippen LogP) is 4.78. The number of carbonyl (C=O) groups is 2. The molecule has 3 rings (SSSR count).